The summed E-state index contributed by atoms with van der Waals surface area (Å²) >= 11 is 0. The van der Waals surface area contributed by atoms with E-state index in [-0.39, 0.29) is 0 Å². The van der Waals surface area contributed by atoms with E-state index >= 15 is 0 Å². The van der Waals surface area contributed by atoms with E-state index in [1.54, 1.807) is 0 Å². The Balaban J connectivity index is 1.90. The van der Waals surface area contributed by atoms with Crippen LogP contribution in [-0.2, 0) is 6.42 Å². The van der Waals surface area contributed by atoms with Gasteiger partial charge < -0.3 is 0 Å². The van der Waals surface area contributed by atoms with Crippen molar-refractivity contribution in [3.8, 4) is 0 Å². The van der Waals surface area contributed by atoms with E-state index in [4.69, 9.17) is 0 Å². The molecule has 1 aliphatic rings. The van der Waals surface area contributed by atoms with Crippen molar-refractivity contribution in [2.75, 3.05) is 13.2 Å². The zero-order chi connectivity index (χ0) is 10.3. The molecule has 1 unspecified atom stereocenters. The molecular formula is C13H18N2. The van der Waals surface area contributed by atoms with Crippen molar-refractivity contribution in [3.05, 3.63) is 35.9 Å². The van der Waals surface area contributed by atoms with Crippen molar-refractivity contribution in [2.24, 2.45) is 10.9 Å². The Morgan fingerprint density at radius 1 is 1.27 bits per heavy atom. The maximum atomic E-state index is 4.24. The van der Waals surface area contributed by atoms with E-state index < -0.39 is 0 Å². The van der Waals surface area contributed by atoms with Crippen LogP contribution in [0.3, 0.4) is 0 Å². The van der Waals surface area contributed by atoms with E-state index in [9.17, 15) is 0 Å². The Labute approximate surface area is 91.4 Å². The Hall–Kier alpha value is -1.15. The molecule has 1 heterocycles. The third-order valence-corrected chi connectivity index (χ3v) is 2.84. The Morgan fingerprint density at radius 3 is 3.00 bits per heavy atom. The molecule has 1 aromatic rings. The quantitative estimate of drug-likeness (QED) is 0.781. The second kappa shape index (κ2) is 5.66. The van der Waals surface area contributed by atoms with Crippen LogP contribution in [-0.4, -0.2) is 19.4 Å². The molecule has 0 saturated carbocycles. The Bertz CT molecular complexity index is 306. The van der Waals surface area contributed by atoms with Gasteiger partial charge >= 0.3 is 0 Å². The number of hydrogen-bond acceptors (Lipinski definition) is 2. The summed E-state index contributed by atoms with van der Waals surface area (Å²) in [5.74, 6) is 0.749. The van der Waals surface area contributed by atoms with E-state index in [0.29, 0.717) is 0 Å². The summed E-state index contributed by atoms with van der Waals surface area (Å²) in [6, 6.07) is 10.7. The molecule has 2 heteroatoms. The SMILES string of the molecule is C1=NCNCC(Cc2ccccc2)CC1. The van der Waals surface area contributed by atoms with Gasteiger partial charge in [-0.05, 0) is 37.3 Å². The molecule has 2 rings (SSSR count). The smallest absolute Gasteiger partial charge is 0.0880 e. The molecule has 0 amide bonds. The average molecular weight is 202 g/mol. The molecule has 1 aliphatic heterocycles. The summed E-state index contributed by atoms with van der Waals surface area (Å²) in [7, 11) is 0. The minimum atomic E-state index is 0.749. The molecule has 1 N–H and O–H groups in total. The molecule has 0 bridgehead atoms. The third-order valence-electron chi connectivity index (χ3n) is 2.84. The second-order valence-corrected chi connectivity index (χ2v) is 4.11. The van der Waals surface area contributed by atoms with E-state index in [0.717, 1.165) is 25.6 Å². The lowest BCUT2D eigenvalue weighted by molar-refractivity contribution is 0.449. The molecule has 0 fully saturated rings. The molecule has 2 nitrogen and oxygen atoms in total. The minimum absolute atomic E-state index is 0.749. The summed E-state index contributed by atoms with van der Waals surface area (Å²) in [5.41, 5.74) is 1.45. The van der Waals surface area contributed by atoms with E-state index in [1.165, 1.54) is 18.4 Å². The number of benzene rings is 1. The van der Waals surface area contributed by atoms with Gasteiger partial charge in [-0.3, -0.25) is 10.3 Å². The largest absolute Gasteiger partial charge is 0.298 e. The monoisotopic (exact) mass is 202 g/mol. The van der Waals surface area contributed by atoms with Gasteiger partial charge in [0.25, 0.3) is 0 Å². The fourth-order valence-corrected chi connectivity index (χ4v) is 2.02. The van der Waals surface area contributed by atoms with Crippen molar-refractivity contribution >= 4 is 6.21 Å². The normalized spacial score (nSPS) is 22.0. The standard InChI is InChI=1S/C13H18N2/c1-2-5-12(6-3-1)9-13-7-4-8-14-11-15-10-13/h1-3,5-6,8,13,15H,4,7,9-11H2. The summed E-state index contributed by atoms with van der Waals surface area (Å²) in [6.07, 6.45) is 5.59. The van der Waals surface area contributed by atoms with Crippen LogP contribution >= 0.6 is 0 Å². The summed E-state index contributed by atoms with van der Waals surface area (Å²) in [5, 5.41) is 3.36. The van der Waals surface area contributed by atoms with Gasteiger partial charge in [0.05, 0.1) is 6.67 Å². The summed E-state index contributed by atoms with van der Waals surface area (Å²) < 4.78 is 0. The highest BCUT2D eigenvalue weighted by Gasteiger charge is 2.09. The first-order valence-electron chi connectivity index (χ1n) is 5.68. The topological polar surface area (TPSA) is 24.4 Å². The second-order valence-electron chi connectivity index (χ2n) is 4.11. The van der Waals surface area contributed by atoms with Crippen LogP contribution in [0.15, 0.2) is 35.3 Å². The van der Waals surface area contributed by atoms with Crippen LogP contribution in [0, 0.1) is 5.92 Å². The predicted octanol–water partition coefficient (Wildman–Crippen LogP) is 2.26. The predicted molar refractivity (Wildman–Crippen MR) is 64.2 cm³/mol. The molecule has 0 saturated heterocycles. The maximum absolute atomic E-state index is 4.24. The molecule has 1 aromatic carbocycles. The number of aliphatic imine (C=N–C) groups is 1. The lowest BCUT2D eigenvalue weighted by Gasteiger charge is -2.18. The first-order valence-corrected chi connectivity index (χ1v) is 5.68. The van der Waals surface area contributed by atoms with E-state index in [1.807, 2.05) is 6.21 Å². The first kappa shape index (κ1) is 10.4. The zero-order valence-corrected chi connectivity index (χ0v) is 9.02. The molecule has 0 aromatic heterocycles. The molecule has 80 valence electrons. The third kappa shape index (κ3) is 3.48. The van der Waals surface area contributed by atoms with Crippen LogP contribution in [0.1, 0.15) is 18.4 Å². The number of hydrogen-bond donors (Lipinski definition) is 1. The van der Waals surface area contributed by atoms with Crippen LogP contribution in [0.4, 0.5) is 0 Å². The Morgan fingerprint density at radius 2 is 2.13 bits per heavy atom. The fourth-order valence-electron chi connectivity index (χ4n) is 2.02. The van der Waals surface area contributed by atoms with Crippen molar-refractivity contribution in [2.45, 2.75) is 19.3 Å². The lowest BCUT2D eigenvalue weighted by Crippen LogP contribution is -2.26. The number of rotatable bonds is 2. The average Bonchev–Trinajstić information content (AvgIpc) is 2.23. The highest BCUT2D eigenvalue weighted by atomic mass is 15.0. The van der Waals surface area contributed by atoms with Gasteiger partial charge in [-0.25, -0.2) is 0 Å². The van der Waals surface area contributed by atoms with Crippen molar-refractivity contribution in [3.63, 3.8) is 0 Å². The van der Waals surface area contributed by atoms with Gasteiger partial charge in [-0.1, -0.05) is 30.3 Å². The summed E-state index contributed by atoms with van der Waals surface area (Å²) in [4.78, 5) is 4.24. The minimum Gasteiger partial charge on any atom is -0.298 e. The van der Waals surface area contributed by atoms with Gasteiger partial charge in [0.1, 0.15) is 0 Å². The first-order chi connectivity index (χ1) is 7.45. The Kier molecular flexibility index (Phi) is 3.92. The van der Waals surface area contributed by atoms with Gasteiger partial charge in [-0.15, -0.1) is 0 Å². The van der Waals surface area contributed by atoms with Crippen molar-refractivity contribution < 1.29 is 0 Å². The van der Waals surface area contributed by atoms with Gasteiger partial charge in [0, 0.05) is 6.21 Å². The molecule has 0 aliphatic carbocycles. The van der Waals surface area contributed by atoms with Crippen molar-refractivity contribution in [1.82, 2.24) is 5.32 Å². The van der Waals surface area contributed by atoms with Gasteiger partial charge in [0.15, 0.2) is 0 Å². The molecular weight excluding hydrogens is 184 g/mol. The van der Waals surface area contributed by atoms with Gasteiger partial charge in [0.2, 0.25) is 0 Å². The number of nitrogens with zero attached hydrogens (tertiary/aromatic N) is 1. The van der Waals surface area contributed by atoms with Crippen molar-refractivity contribution in [1.29, 1.82) is 0 Å². The van der Waals surface area contributed by atoms with Crippen LogP contribution in [0.2, 0.25) is 0 Å². The van der Waals surface area contributed by atoms with Crippen LogP contribution in [0.5, 0.6) is 0 Å². The number of nitrogens with one attached hydrogen (secondary N) is 1. The highest BCUT2D eigenvalue weighted by molar-refractivity contribution is 5.57. The molecule has 0 spiro atoms. The lowest BCUT2D eigenvalue weighted by atomic mass is 9.94. The highest BCUT2D eigenvalue weighted by Crippen LogP contribution is 2.13. The fraction of sp³-hybridized carbons (Fsp3) is 0.462. The summed E-state index contributed by atoms with van der Waals surface area (Å²) in [6.45, 7) is 1.87. The van der Waals surface area contributed by atoms with E-state index in [2.05, 4.69) is 40.6 Å². The molecule has 15 heavy (non-hydrogen) atoms. The van der Waals surface area contributed by atoms with Gasteiger partial charge in [-0.2, -0.15) is 0 Å². The molecule has 0 radical (unpaired) electrons. The van der Waals surface area contributed by atoms with Crippen LogP contribution < -0.4 is 5.32 Å². The maximum Gasteiger partial charge on any atom is 0.0880 e. The molecule has 1 atom stereocenters. The zero-order valence-electron chi connectivity index (χ0n) is 9.02. The van der Waals surface area contributed by atoms with Crippen LogP contribution in [0.25, 0.3) is 0 Å².